The van der Waals surface area contributed by atoms with Crippen LogP contribution in [0.5, 0.6) is 0 Å². The molecule has 0 fully saturated rings. The number of nitrogens with one attached hydrogen (secondary N) is 1. The van der Waals surface area contributed by atoms with Crippen LogP contribution >= 0.6 is 11.8 Å². The Morgan fingerprint density at radius 3 is 2.68 bits per heavy atom. The van der Waals surface area contributed by atoms with E-state index in [9.17, 15) is 23.3 Å². The number of anilines is 1. The maximum atomic E-state index is 12.5. The van der Waals surface area contributed by atoms with Crippen LogP contribution in [-0.2, 0) is 6.18 Å². The lowest BCUT2D eigenvalue weighted by Crippen LogP contribution is -2.19. The highest BCUT2D eigenvalue weighted by molar-refractivity contribution is 7.98. The second-order valence-electron chi connectivity index (χ2n) is 3.84. The van der Waals surface area contributed by atoms with Gasteiger partial charge in [-0.3, -0.25) is 10.1 Å². The summed E-state index contributed by atoms with van der Waals surface area (Å²) in [7, 11) is 0. The smallest absolute Gasteiger partial charge is 0.376 e. The first kappa shape index (κ1) is 15.5. The van der Waals surface area contributed by atoms with Gasteiger partial charge in [0, 0.05) is 11.8 Å². The summed E-state index contributed by atoms with van der Waals surface area (Å²) in [4.78, 5) is 13.1. The quantitative estimate of drug-likeness (QED) is 0.667. The van der Waals surface area contributed by atoms with E-state index >= 15 is 0 Å². The molecule has 1 N–H and O–H groups in total. The number of thioether (sulfide) groups is 1. The molecule has 0 bridgehead atoms. The van der Waals surface area contributed by atoms with Crippen LogP contribution < -0.4 is 5.32 Å². The van der Waals surface area contributed by atoms with E-state index in [0.717, 1.165) is 0 Å². The third-order valence-electron chi connectivity index (χ3n) is 2.19. The van der Waals surface area contributed by atoms with Gasteiger partial charge in [-0.1, -0.05) is 0 Å². The number of aromatic nitrogens is 1. The molecule has 1 atom stereocenters. The number of hydrogen-bond donors (Lipinski definition) is 1. The maximum absolute atomic E-state index is 12.5. The second-order valence-corrected chi connectivity index (χ2v) is 4.75. The predicted molar refractivity (Wildman–Crippen MR) is 67.4 cm³/mol. The number of nitrogens with zero attached hydrogens (tertiary/aromatic N) is 2. The molecule has 0 aliphatic carbocycles. The second kappa shape index (κ2) is 6.09. The summed E-state index contributed by atoms with van der Waals surface area (Å²) < 4.78 is 37.6. The van der Waals surface area contributed by atoms with Gasteiger partial charge < -0.3 is 5.32 Å². The lowest BCUT2D eigenvalue weighted by molar-refractivity contribution is -0.384. The van der Waals surface area contributed by atoms with Crippen molar-refractivity contribution in [2.45, 2.75) is 19.1 Å². The molecule has 0 aromatic carbocycles. The summed E-state index contributed by atoms with van der Waals surface area (Å²) in [6, 6.07) is 0.465. The zero-order valence-corrected chi connectivity index (χ0v) is 11.0. The van der Waals surface area contributed by atoms with Gasteiger partial charge in [0.1, 0.15) is 17.6 Å². The fourth-order valence-corrected chi connectivity index (χ4v) is 2.00. The highest BCUT2D eigenvalue weighted by Crippen LogP contribution is 2.33. The Morgan fingerprint density at radius 1 is 1.58 bits per heavy atom. The van der Waals surface area contributed by atoms with Gasteiger partial charge in [0.25, 0.3) is 0 Å². The van der Waals surface area contributed by atoms with E-state index in [4.69, 9.17) is 0 Å². The Hall–Kier alpha value is -1.51. The molecule has 1 aromatic rings. The van der Waals surface area contributed by atoms with Crippen LogP contribution in [0.1, 0.15) is 12.6 Å². The summed E-state index contributed by atoms with van der Waals surface area (Å²) in [5.41, 5.74) is -1.80. The van der Waals surface area contributed by atoms with Crippen molar-refractivity contribution >= 4 is 23.1 Å². The molecule has 0 amide bonds. The van der Waals surface area contributed by atoms with E-state index in [1.807, 2.05) is 6.26 Å². The molecule has 1 rings (SSSR count). The van der Waals surface area contributed by atoms with Crippen molar-refractivity contribution in [1.82, 2.24) is 4.98 Å². The Kier molecular flexibility index (Phi) is 4.98. The average molecular weight is 295 g/mol. The molecule has 1 aromatic heterocycles. The normalized spacial score (nSPS) is 13.1. The highest BCUT2D eigenvalue weighted by Gasteiger charge is 2.34. The van der Waals surface area contributed by atoms with Gasteiger partial charge in [0.2, 0.25) is 0 Å². The molecule has 0 spiro atoms. The van der Waals surface area contributed by atoms with Crippen LogP contribution in [0.4, 0.5) is 24.5 Å². The summed E-state index contributed by atoms with van der Waals surface area (Å²) in [5, 5.41) is 13.5. The molecule has 0 aliphatic heterocycles. The first-order valence-corrected chi connectivity index (χ1v) is 6.62. The molecule has 106 valence electrons. The summed E-state index contributed by atoms with van der Waals surface area (Å²) in [6.45, 7) is 1.73. The Balaban J connectivity index is 3.12. The van der Waals surface area contributed by atoms with E-state index < -0.39 is 22.5 Å². The van der Waals surface area contributed by atoms with E-state index in [2.05, 4.69) is 10.3 Å². The zero-order chi connectivity index (χ0) is 14.6. The van der Waals surface area contributed by atoms with Crippen LogP contribution in [0.3, 0.4) is 0 Å². The van der Waals surface area contributed by atoms with Crippen molar-refractivity contribution in [2.75, 3.05) is 17.3 Å². The fraction of sp³-hybridized carbons (Fsp3) is 0.500. The molecule has 0 saturated carbocycles. The fourth-order valence-electron chi connectivity index (χ4n) is 1.42. The molecule has 0 radical (unpaired) electrons. The SMILES string of the molecule is CSCC(C)Nc1cc(C(F)(F)F)ncc1[N+](=O)[O-]. The number of hydrogen-bond acceptors (Lipinski definition) is 5. The minimum Gasteiger partial charge on any atom is -0.376 e. The first-order chi connectivity index (χ1) is 8.75. The predicted octanol–water partition coefficient (Wildman–Crippen LogP) is 3.17. The summed E-state index contributed by atoms with van der Waals surface area (Å²) in [6.07, 6.45) is -2.18. The van der Waals surface area contributed by atoms with E-state index in [1.165, 1.54) is 11.8 Å². The van der Waals surface area contributed by atoms with Gasteiger partial charge in [-0.2, -0.15) is 24.9 Å². The number of nitro groups is 1. The van der Waals surface area contributed by atoms with Crippen LogP contribution in [-0.4, -0.2) is 28.0 Å². The van der Waals surface area contributed by atoms with Crippen LogP contribution in [0.25, 0.3) is 0 Å². The van der Waals surface area contributed by atoms with Crippen molar-refractivity contribution in [3.05, 3.63) is 28.1 Å². The molecular weight excluding hydrogens is 283 g/mol. The number of rotatable bonds is 5. The Labute approximate surface area is 111 Å². The van der Waals surface area contributed by atoms with Crippen molar-refractivity contribution in [3.63, 3.8) is 0 Å². The molecular formula is C10H12F3N3O2S. The van der Waals surface area contributed by atoms with Crippen molar-refractivity contribution in [3.8, 4) is 0 Å². The monoisotopic (exact) mass is 295 g/mol. The molecule has 1 heterocycles. The van der Waals surface area contributed by atoms with Gasteiger partial charge in [-0.05, 0) is 19.2 Å². The third-order valence-corrected chi connectivity index (χ3v) is 3.02. The highest BCUT2D eigenvalue weighted by atomic mass is 32.2. The van der Waals surface area contributed by atoms with Crippen molar-refractivity contribution in [2.24, 2.45) is 0 Å². The number of pyridine rings is 1. The minimum atomic E-state index is -4.63. The van der Waals surface area contributed by atoms with Gasteiger partial charge in [0.05, 0.1) is 4.92 Å². The lowest BCUT2D eigenvalue weighted by Gasteiger charge is -2.15. The van der Waals surface area contributed by atoms with Gasteiger partial charge in [-0.25, -0.2) is 4.98 Å². The van der Waals surface area contributed by atoms with Gasteiger partial charge >= 0.3 is 11.9 Å². The summed E-state index contributed by atoms with van der Waals surface area (Å²) >= 11 is 1.48. The van der Waals surface area contributed by atoms with Crippen LogP contribution in [0.15, 0.2) is 12.3 Å². The van der Waals surface area contributed by atoms with E-state index in [1.54, 1.807) is 6.92 Å². The molecule has 0 saturated heterocycles. The third kappa shape index (κ3) is 4.27. The standard InChI is InChI=1S/C10H12F3N3O2S/c1-6(5-19-2)15-7-3-9(10(11,12)13)14-4-8(7)16(17)18/h3-4,6H,5H2,1-2H3,(H,14,15). The Morgan fingerprint density at radius 2 is 2.21 bits per heavy atom. The van der Waals surface area contributed by atoms with Gasteiger partial charge in [0.15, 0.2) is 0 Å². The largest absolute Gasteiger partial charge is 0.433 e. The average Bonchev–Trinajstić information content (AvgIpc) is 2.27. The maximum Gasteiger partial charge on any atom is 0.433 e. The van der Waals surface area contributed by atoms with Crippen molar-refractivity contribution in [1.29, 1.82) is 0 Å². The number of alkyl halides is 3. The van der Waals surface area contributed by atoms with Crippen LogP contribution in [0.2, 0.25) is 0 Å². The summed E-state index contributed by atoms with van der Waals surface area (Å²) in [5.74, 6) is 0.612. The lowest BCUT2D eigenvalue weighted by atomic mass is 10.2. The van der Waals surface area contributed by atoms with E-state index in [-0.39, 0.29) is 11.7 Å². The molecule has 1 unspecified atom stereocenters. The van der Waals surface area contributed by atoms with Crippen LogP contribution in [0, 0.1) is 10.1 Å². The molecule has 19 heavy (non-hydrogen) atoms. The topological polar surface area (TPSA) is 68.1 Å². The van der Waals surface area contributed by atoms with Crippen molar-refractivity contribution < 1.29 is 18.1 Å². The first-order valence-electron chi connectivity index (χ1n) is 5.22. The molecule has 5 nitrogen and oxygen atoms in total. The molecule has 0 aliphatic rings. The molecule has 9 heteroatoms. The zero-order valence-electron chi connectivity index (χ0n) is 10.2. The number of halogens is 3. The minimum absolute atomic E-state index is 0.172. The van der Waals surface area contributed by atoms with Gasteiger partial charge in [-0.15, -0.1) is 0 Å². The van der Waals surface area contributed by atoms with E-state index in [0.29, 0.717) is 18.0 Å². The Bertz CT molecular complexity index is 468.